The van der Waals surface area contributed by atoms with Gasteiger partial charge in [-0.3, -0.25) is 0 Å². The molecule has 94 valence electrons. The van der Waals surface area contributed by atoms with Gasteiger partial charge in [-0.1, -0.05) is 0 Å². The van der Waals surface area contributed by atoms with Gasteiger partial charge in [0.05, 0.1) is 9.73 Å². The zero-order valence-electron chi connectivity index (χ0n) is 8.41. The van der Waals surface area contributed by atoms with Gasteiger partial charge in [0.2, 0.25) is 0 Å². The van der Waals surface area contributed by atoms with Gasteiger partial charge in [-0.25, -0.2) is 13.4 Å². The van der Waals surface area contributed by atoms with Gasteiger partial charge in [-0.2, -0.15) is 13.2 Å². The summed E-state index contributed by atoms with van der Waals surface area (Å²) in [5.41, 5.74) is -1.35. The zero-order chi connectivity index (χ0) is 12.4. The molecular formula is C7H11F3N2O3S. The molecular weight excluding hydrogens is 249 g/mol. The topological polar surface area (TPSA) is 67.8 Å². The first-order chi connectivity index (χ1) is 7.29. The number of hydrogen-bond acceptors (Lipinski definition) is 5. The number of esters is 1. The SMILES string of the molecule is CN=S1(=O)CCNCC1OC(=O)C(F)(F)F. The van der Waals surface area contributed by atoms with Crippen molar-refractivity contribution in [2.24, 2.45) is 4.36 Å². The van der Waals surface area contributed by atoms with E-state index in [2.05, 4.69) is 14.4 Å². The Morgan fingerprint density at radius 3 is 2.69 bits per heavy atom. The van der Waals surface area contributed by atoms with Gasteiger partial charge in [-0.05, 0) is 0 Å². The van der Waals surface area contributed by atoms with Crippen molar-refractivity contribution >= 4 is 15.7 Å². The Hall–Kier alpha value is -0.830. The number of nitrogens with zero attached hydrogens (tertiary/aromatic N) is 1. The van der Waals surface area contributed by atoms with Crippen molar-refractivity contribution < 1.29 is 26.9 Å². The molecule has 1 aliphatic heterocycles. The molecule has 0 aromatic heterocycles. The number of halogens is 3. The molecule has 0 amide bonds. The summed E-state index contributed by atoms with van der Waals surface area (Å²) in [6.07, 6.45) is -5.08. The highest BCUT2D eigenvalue weighted by Crippen LogP contribution is 2.20. The number of carbonyl (C=O) groups is 1. The Labute approximate surface area is 90.5 Å². The van der Waals surface area contributed by atoms with Crippen LogP contribution in [0.3, 0.4) is 0 Å². The second-order valence-electron chi connectivity index (χ2n) is 3.11. The fraction of sp³-hybridized carbons (Fsp3) is 0.857. The maximum Gasteiger partial charge on any atom is 0.490 e. The predicted octanol–water partition coefficient (Wildman–Crippen LogP) is 0.119. The molecule has 0 radical (unpaired) electrons. The minimum absolute atomic E-state index is 0.0688. The van der Waals surface area contributed by atoms with Crippen LogP contribution in [-0.2, 0) is 19.3 Å². The summed E-state index contributed by atoms with van der Waals surface area (Å²) in [4.78, 5) is 10.6. The molecule has 0 aromatic carbocycles. The first-order valence-electron chi connectivity index (χ1n) is 4.40. The van der Waals surface area contributed by atoms with Crippen molar-refractivity contribution in [3.63, 3.8) is 0 Å². The van der Waals surface area contributed by atoms with Crippen molar-refractivity contribution in [2.45, 2.75) is 11.6 Å². The van der Waals surface area contributed by atoms with Crippen LogP contribution in [-0.4, -0.2) is 47.7 Å². The van der Waals surface area contributed by atoms with Gasteiger partial charge in [-0.15, -0.1) is 0 Å². The van der Waals surface area contributed by atoms with E-state index in [4.69, 9.17) is 0 Å². The van der Waals surface area contributed by atoms with Crippen LogP contribution in [0.15, 0.2) is 4.36 Å². The molecule has 0 aromatic rings. The zero-order valence-corrected chi connectivity index (χ0v) is 9.23. The van der Waals surface area contributed by atoms with E-state index in [9.17, 15) is 22.2 Å². The second-order valence-corrected chi connectivity index (χ2v) is 5.79. The van der Waals surface area contributed by atoms with Crippen LogP contribution in [0.4, 0.5) is 13.2 Å². The summed E-state index contributed by atoms with van der Waals surface area (Å²) in [5, 5.41) is 2.70. The van der Waals surface area contributed by atoms with Gasteiger partial charge in [0, 0.05) is 25.9 Å². The molecule has 0 bridgehead atoms. The lowest BCUT2D eigenvalue weighted by molar-refractivity contribution is -0.201. The molecule has 1 heterocycles. The average molecular weight is 260 g/mol. The Morgan fingerprint density at radius 2 is 2.19 bits per heavy atom. The fourth-order valence-corrected chi connectivity index (χ4v) is 2.95. The quantitative estimate of drug-likeness (QED) is 0.680. The van der Waals surface area contributed by atoms with Gasteiger partial charge < -0.3 is 10.1 Å². The number of alkyl halides is 3. The van der Waals surface area contributed by atoms with Crippen LogP contribution in [0.2, 0.25) is 0 Å². The molecule has 1 fully saturated rings. The van der Waals surface area contributed by atoms with Crippen LogP contribution in [0.5, 0.6) is 0 Å². The van der Waals surface area contributed by atoms with Crippen LogP contribution >= 0.6 is 0 Å². The molecule has 2 atom stereocenters. The van der Waals surface area contributed by atoms with E-state index in [1.54, 1.807) is 0 Å². The monoisotopic (exact) mass is 260 g/mol. The predicted molar refractivity (Wildman–Crippen MR) is 50.2 cm³/mol. The lowest BCUT2D eigenvalue weighted by atomic mass is 10.6. The fourth-order valence-electron chi connectivity index (χ4n) is 1.21. The molecule has 1 aliphatic rings. The van der Waals surface area contributed by atoms with Crippen LogP contribution in [0.25, 0.3) is 0 Å². The molecule has 1 rings (SSSR count). The molecule has 16 heavy (non-hydrogen) atoms. The molecule has 0 spiro atoms. The van der Waals surface area contributed by atoms with Crippen molar-refractivity contribution in [3.8, 4) is 0 Å². The largest absolute Gasteiger partial charge is 0.490 e. The third-order valence-corrected chi connectivity index (χ3v) is 4.56. The van der Waals surface area contributed by atoms with E-state index in [0.717, 1.165) is 0 Å². The first-order valence-corrected chi connectivity index (χ1v) is 6.14. The minimum atomic E-state index is -5.08. The van der Waals surface area contributed by atoms with Gasteiger partial charge in [0.25, 0.3) is 0 Å². The number of ether oxygens (including phenoxy) is 1. The molecule has 0 aliphatic carbocycles. The summed E-state index contributed by atoms with van der Waals surface area (Å²) < 4.78 is 55.4. The third kappa shape index (κ3) is 2.85. The van der Waals surface area contributed by atoms with Crippen molar-refractivity contribution in [2.75, 3.05) is 25.9 Å². The average Bonchev–Trinajstić information content (AvgIpc) is 2.20. The minimum Gasteiger partial charge on any atom is -0.440 e. The van der Waals surface area contributed by atoms with Crippen LogP contribution < -0.4 is 5.32 Å². The Bertz CT molecular complexity index is 387. The standard InChI is InChI=1S/C7H11F3N2O3S/c1-11-16(14)3-2-12-4-5(16)15-6(13)7(8,9)10/h5,12H,2-4H2,1H3. The summed E-state index contributed by atoms with van der Waals surface area (Å²) >= 11 is 0. The third-order valence-electron chi connectivity index (χ3n) is 2.07. The van der Waals surface area contributed by atoms with Crippen molar-refractivity contribution in [3.05, 3.63) is 0 Å². The maximum absolute atomic E-state index is 11.9. The summed E-state index contributed by atoms with van der Waals surface area (Å²) in [7, 11) is -1.67. The van der Waals surface area contributed by atoms with Crippen molar-refractivity contribution in [1.82, 2.24) is 5.32 Å². The highest BCUT2D eigenvalue weighted by atomic mass is 32.2. The van der Waals surface area contributed by atoms with Crippen LogP contribution in [0, 0.1) is 0 Å². The molecule has 1 N–H and O–H groups in total. The Balaban J connectivity index is 2.80. The van der Waals surface area contributed by atoms with E-state index in [0.29, 0.717) is 6.54 Å². The van der Waals surface area contributed by atoms with E-state index >= 15 is 0 Å². The molecule has 0 saturated carbocycles. The first kappa shape index (κ1) is 13.2. The number of rotatable bonds is 1. The summed E-state index contributed by atoms with van der Waals surface area (Å²) in [6.45, 7) is 0.286. The van der Waals surface area contributed by atoms with Gasteiger partial charge in [0.15, 0.2) is 5.44 Å². The number of carbonyl (C=O) groups excluding carboxylic acids is 1. The maximum atomic E-state index is 11.9. The Kier molecular flexibility index (Phi) is 3.79. The van der Waals surface area contributed by atoms with E-state index < -0.39 is 27.3 Å². The normalized spacial score (nSPS) is 30.9. The highest BCUT2D eigenvalue weighted by Gasteiger charge is 2.44. The summed E-state index contributed by atoms with van der Waals surface area (Å²) in [5.74, 6) is -2.27. The van der Waals surface area contributed by atoms with E-state index in [-0.39, 0.29) is 12.3 Å². The number of hydrogen-bond donors (Lipinski definition) is 1. The van der Waals surface area contributed by atoms with E-state index in [1.165, 1.54) is 7.05 Å². The highest BCUT2D eigenvalue weighted by molar-refractivity contribution is 7.94. The molecule has 2 unspecified atom stereocenters. The lowest BCUT2D eigenvalue weighted by Gasteiger charge is -2.26. The van der Waals surface area contributed by atoms with Crippen molar-refractivity contribution in [1.29, 1.82) is 0 Å². The lowest BCUT2D eigenvalue weighted by Crippen LogP contribution is -2.47. The molecule has 1 saturated heterocycles. The van der Waals surface area contributed by atoms with Gasteiger partial charge in [0.1, 0.15) is 0 Å². The molecule has 5 nitrogen and oxygen atoms in total. The summed E-state index contributed by atoms with van der Waals surface area (Å²) in [6, 6.07) is 0. The smallest absolute Gasteiger partial charge is 0.440 e. The van der Waals surface area contributed by atoms with Crippen LogP contribution in [0.1, 0.15) is 0 Å². The van der Waals surface area contributed by atoms with Gasteiger partial charge >= 0.3 is 12.1 Å². The molecule has 9 heteroatoms. The van der Waals surface area contributed by atoms with E-state index in [1.807, 2.05) is 0 Å². The number of nitrogens with one attached hydrogen (secondary N) is 1. The second kappa shape index (κ2) is 4.58. The Morgan fingerprint density at radius 1 is 1.56 bits per heavy atom.